The van der Waals surface area contributed by atoms with Crippen LogP contribution in [-0.2, 0) is 28.6 Å². The number of carbonyl (C=O) groups is 4. The molecule has 0 heterocycles. The lowest BCUT2D eigenvalue weighted by Gasteiger charge is -2.09. The second kappa shape index (κ2) is 19.9. The van der Waals surface area contributed by atoms with E-state index in [4.69, 9.17) is 21.3 Å². The highest BCUT2D eigenvalue weighted by Gasteiger charge is 2.07. The molecule has 0 radical (unpaired) electrons. The minimum absolute atomic E-state index is 0.0137. The van der Waals surface area contributed by atoms with Gasteiger partial charge < -0.3 is 28.6 Å². The van der Waals surface area contributed by atoms with Crippen LogP contribution in [-0.4, -0.2) is 75.5 Å². The van der Waals surface area contributed by atoms with Crippen LogP contribution in [0.15, 0.2) is 0 Å². The summed E-state index contributed by atoms with van der Waals surface area (Å²) in [5, 5.41) is 0. The highest BCUT2D eigenvalue weighted by Crippen LogP contribution is 2.20. The first-order valence-electron chi connectivity index (χ1n) is 8.08. The van der Waals surface area contributed by atoms with Crippen LogP contribution in [0.3, 0.4) is 0 Å². The van der Waals surface area contributed by atoms with Crippen molar-refractivity contribution in [1.29, 1.82) is 0 Å². The molecular weight excluding hydrogens is 452 g/mol. The fourth-order valence-corrected chi connectivity index (χ4v) is 2.82. The molecule has 0 aromatic heterocycles. The molecule has 0 spiro atoms. The first-order valence-corrected chi connectivity index (χ1v) is 10.6. The Morgan fingerprint density at radius 2 is 0.833 bits per heavy atom. The Morgan fingerprint density at radius 3 is 1.13 bits per heavy atom. The number of amides is 4. The predicted octanol–water partition coefficient (Wildman–Crippen LogP) is -1.12. The Hall–Kier alpha value is -2.38. The van der Waals surface area contributed by atoms with Gasteiger partial charge in [-0.3, -0.25) is 0 Å². The van der Waals surface area contributed by atoms with E-state index >= 15 is 0 Å². The Bertz CT molecular complexity index is 474. The summed E-state index contributed by atoms with van der Waals surface area (Å²) in [5.41, 5.74) is 7.87. The van der Waals surface area contributed by atoms with Gasteiger partial charge in [0.15, 0.2) is 0 Å². The molecule has 0 bridgehead atoms. The van der Waals surface area contributed by atoms with Crippen LogP contribution in [0.5, 0.6) is 0 Å². The van der Waals surface area contributed by atoms with Crippen LogP contribution in [0.4, 0.5) is 19.2 Å². The highest BCUT2D eigenvalue weighted by molar-refractivity contribution is 8.76. The van der Waals surface area contributed by atoms with Crippen LogP contribution in [0.2, 0.25) is 0 Å². The zero-order valence-electron chi connectivity index (χ0n) is 15.7. The van der Waals surface area contributed by atoms with Crippen LogP contribution in [0.1, 0.15) is 0 Å². The zero-order chi connectivity index (χ0) is 22.5. The van der Waals surface area contributed by atoms with Gasteiger partial charge in [0.05, 0.1) is 0 Å². The molecule has 0 aromatic rings. The maximum Gasteiger partial charge on any atom is 0.426 e. The maximum atomic E-state index is 11.3. The van der Waals surface area contributed by atoms with Gasteiger partial charge in [0, 0.05) is 11.5 Å². The van der Waals surface area contributed by atoms with E-state index in [0.29, 0.717) is 11.5 Å². The number of nitrogens with two attached hydrogens (primary N) is 2. The average molecular weight is 476 g/mol. The summed E-state index contributed by atoms with van der Waals surface area (Å²) >= 11 is 0. The molecule has 0 aliphatic rings. The van der Waals surface area contributed by atoms with Gasteiger partial charge in [-0.05, 0) is 0 Å². The minimum Gasteiger partial charge on any atom is -0.447 e. The van der Waals surface area contributed by atoms with Crippen molar-refractivity contribution in [3.63, 3.8) is 0 Å². The molecule has 0 atom stereocenters. The molecule has 174 valence electrons. The molecule has 30 heavy (non-hydrogen) atoms. The van der Waals surface area contributed by atoms with Gasteiger partial charge in [-0.25, -0.2) is 52.7 Å². The molecule has 0 saturated carbocycles. The SMILES string of the molecule is NOCCOC(=O)NNC(=O)OCCSSCCOC(=O)NNC(=O)OCCON. The standard InChI is InChI=1S/C12H24N6O10S2/c13-27-3-1-23-9(19)15-17-11(21)25-5-7-29-30-8-6-26-12(22)18-16-10(20)24-2-4-28-14/h1-8,13-14H2,(H,15,19)(H,16,20)(H,17,21)(H,18,22). The molecule has 0 aromatic carbocycles. The van der Waals surface area contributed by atoms with E-state index in [1.165, 1.54) is 21.6 Å². The Kier molecular flexibility index (Phi) is 18.3. The third-order valence-electron chi connectivity index (χ3n) is 2.28. The van der Waals surface area contributed by atoms with Gasteiger partial charge in [0.25, 0.3) is 0 Å². The lowest BCUT2D eigenvalue weighted by atomic mass is 10.8. The molecule has 16 nitrogen and oxygen atoms in total. The largest absolute Gasteiger partial charge is 0.447 e. The molecule has 0 saturated heterocycles. The lowest BCUT2D eigenvalue weighted by molar-refractivity contribution is 0.0707. The molecule has 18 heteroatoms. The van der Waals surface area contributed by atoms with Crippen molar-refractivity contribution in [2.75, 3.05) is 51.1 Å². The van der Waals surface area contributed by atoms with E-state index in [9.17, 15) is 19.2 Å². The topological polar surface area (TPSA) is 224 Å². The van der Waals surface area contributed by atoms with E-state index < -0.39 is 24.4 Å². The van der Waals surface area contributed by atoms with E-state index in [1.54, 1.807) is 0 Å². The summed E-state index contributed by atoms with van der Waals surface area (Å²) < 4.78 is 18.7. The number of hydrogen-bond acceptors (Lipinski definition) is 14. The van der Waals surface area contributed by atoms with Gasteiger partial charge >= 0.3 is 24.4 Å². The molecule has 0 unspecified atom stereocenters. The summed E-state index contributed by atoms with van der Waals surface area (Å²) in [6.07, 6.45) is -3.53. The van der Waals surface area contributed by atoms with Gasteiger partial charge in [-0.15, -0.1) is 0 Å². The number of carbonyl (C=O) groups excluding carboxylic acids is 4. The maximum absolute atomic E-state index is 11.3. The smallest absolute Gasteiger partial charge is 0.426 e. The Morgan fingerprint density at radius 1 is 0.533 bits per heavy atom. The summed E-state index contributed by atoms with van der Waals surface area (Å²) in [6.45, 7) is 0.0199. The number of hydrogen-bond donors (Lipinski definition) is 6. The Balaban J connectivity index is 3.46. The normalized spacial score (nSPS) is 9.80. The highest BCUT2D eigenvalue weighted by atomic mass is 33.1. The van der Waals surface area contributed by atoms with Crippen LogP contribution in [0, 0.1) is 0 Å². The van der Waals surface area contributed by atoms with Crippen molar-refractivity contribution < 1.29 is 47.8 Å². The number of rotatable bonds is 13. The summed E-state index contributed by atoms with van der Waals surface area (Å²) in [6, 6.07) is 0. The second-order valence-electron chi connectivity index (χ2n) is 4.43. The second-order valence-corrected chi connectivity index (χ2v) is 7.13. The molecular formula is C12H24N6O10S2. The van der Waals surface area contributed by atoms with E-state index in [0.717, 1.165) is 0 Å². The van der Waals surface area contributed by atoms with Crippen molar-refractivity contribution in [2.24, 2.45) is 11.8 Å². The number of nitrogens with one attached hydrogen (secondary N) is 4. The summed E-state index contributed by atoms with van der Waals surface area (Å²) in [7, 11) is 2.73. The third kappa shape index (κ3) is 19.0. The fraction of sp³-hybridized carbons (Fsp3) is 0.667. The first-order chi connectivity index (χ1) is 14.5. The predicted molar refractivity (Wildman–Crippen MR) is 103 cm³/mol. The Labute approximate surface area is 178 Å². The molecule has 8 N–H and O–H groups in total. The van der Waals surface area contributed by atoms with Crippen molar-refractivity contribution in [3.8, 4) is 0 Å². The fourth-order valence-electron chi connectivity index (χ4n) is 1.17. The average Bonchev–Trinajstić information content (AvgIpc) is 2.73. The quantitative estimate of drug-likeness (QED) is 0.0802. The molecule has 0 rings (SSSR count). The van der Waals surface area contributed by atoms with Gasteiger partial charge in [0.1, 0.15) is 39.6 Å². The van der Waals surface area contributed by atoms with Crippen LogP contribution >= 0.6 is 21.6 Å². The van der Waals surface area contributed by atoms with Crippen molar-refractivity contribution >= 4 is 46.0 Å². The summed E-state index contributed by atoms with van der Waals surface area (Å²) in [5.74, 6) is 10.4. The van der Waals surface area contributed by atoms with Gasteiger partial charge in [-0.2, -0.15) is 0 Å². The summed E-state index contributed by atoms with van der Waals surface area (Å²) in [4.78, 5) is 53.1. The van der Waals surface area contributed by atoms with Crippen LogP contribution < -0.4 is 33.5 Å². The first kappa shape index (κ1) is 27.6. The van der Waals surface area contributed by atoms with Gasteiger partial charge in [-0.1, -0.05) is 21.6 Å². The van der Waals surface area contributed by atoms with Gasteiger partial charge in [0.2, 0.25) is 0 Å². The molecule has 4 amide bonds. The number of ether oxygens (including phenoxy) is 4. The minimum atomic E-state index is -0.897. The zero-order valence-corrected chi connectivity index (χ0v) is 17.3. The molecule has 0 aliphatic heterocycles. The van der Waals surface area contributed by atoms with Crippen LogP contribution in [0.25, 0.3) is 0 Å². The van der Waals surface area contributed by atoms with Crippen molar-refractivity contribution in [2.45, 2.75) is 0 Å². The van der Waals surface area contributed by atoms with E-state index in [1.807, 2.05) is 21.7 Å². The van der Waals surface area contributed by atoms with Crippen molar-refractivity contribution in [3.05, 3.63) is 0 Å². The molecule has 0 aliphatic carbocycles. The monoisotopic (exact) mass is 476 g/mol. The lowest BCUT2D eigenvalue weighted by Crippen LogP contribution is -2.42. The van der Waals surface area contributed by atoms with E-state index in [-0.39, 0.29) is 39.6 Å². The molecule has 0 fully saturated rings. The number of hydrazine groups is 2. The van der Waals surface area contributed by atoms with E-state index in [2.05, 4.69) is 19.1 Å². The third-order valence-corrected chi connectivity index (χ3v) is 4.62. The van der Waals surface area contributed by atoms with Crippen molar-refractivity contribution in [1.82, 2.24) is 21.7 Å².